The Bertz CT molecular complexity index is 569. The maximum Gasteiger partial charge on any atom is 0.299 e. The lowest BCUT2D eigenvalue weighted by Gasteiger charge is -2.16. The van der Waals surface area contributed by atoms with E-state index in [1.54, 1.807) is 0 Å². The van der Waals surface area contributed by atoms with Crippen molar-refractivity contribution in [2.24, 2.45) is 0 Å². The molecule has 1 amide bonds. The molecule has 0 fully saturated rings. The van der Waals surface area contributed by atoms with Crippen LogP contribution in [0.25, 0.3) is 0 Å². The van der Waals surface area contributed by atoms with Gasteiger partial charge in [0.15, 0.2) is 0 Å². The lowest BCUT2D eigenvalue weighted by atomic mass is 10.1. The predicted octanol–water partition coefficient (Wildman–Crippen LogP) is 2.50. The quantitative estimate of drug-likeness (QED) is 0.802. The molecular weight excluding hydrogens is 277 g/mol. The second-order valence-electron chi connectivity index (χ2n) is 3.99. The van der Waals surface area contributed by atoms with Crippen molar-refractivity contribution >= 4 is 46.4 Å². The fourth-order valence-corrected chi connectivity index (χ4v) is 2.33. The van der Waals surface area contributed by atoms with Gasteiger partial charge in [-0.15, -0.1) is 0 Å². The molecule has 1 aliphatic rings. The van der Waals surface area contributed by atoms with Crippen molar-refractivity contribution in [3.63, 3.8) is 0 Å². The number of amides is 1. The van der Waals surface area contributed by atoms with Crippen LogP contribution in [-0.4, -0.2) is 24.0 Å². The molecule has 94 valence electrons. The van der Waals surface area contributed by atoms with Crippen molar-refractivity contribution in [3.8, 4) is 0 Å². The summed E-state index contributed by atoms with van der Waals surface area (Å²) in [6.45, 7) is 1.55. The van der Waals surface area contributed by atoms with E-state index in [-0.39, 0.29) is 34.4 Å². The van der Waals surface area contributed by atoms with Gasteiger partial charge in [-0.2, -0.15) is 0 Å². The third kappa shape index (κ3) is 2.02. The van der Waals surface area contributed by atoms with Crippen molar-refractivity contribution < 1.29 is 14.4 Å². The van der Waals surface area contributed by atoms with Crippen LogP contribution in [0.3, 0.4) is 0 Å². The summed E-state index contributed by atoms with van der Waals surface area (Å²) < 4.78 is 0. The number of hydrogen-bond donors (Lipinski definition) is 0. The minimum atomic E-state index is -0.693. The summed E-state index contributed by atoms with van der Waals surface area (Å²) in [5.41, 5.74) is 0.429. The van der Waals surface area contributed by atoms with Crippen molar-refractivity contribution in [1.82, 2.24) is 0 Å². The lowest BCUT2D eigenvalue weighted by molar-refractivity contribution is -0.117. The number of anilines is 1. The highest BCUT2D eigenvalue weighted by Gasteiger charge is 2.39. The Labute approximate surface area is 113 Å². The van der Waals surface area contributed by atoms with E-state index in [1.807, 2.05) is 0 Å². The van der Waals surface area contributed by atoms with Gasteiger partial charge in [-0.25, -0.2) is 0 Å². The summed E-state index contributed by atoms with van der Waals surface area (Å²) in [6.07, 6.45) is 0.168. The van der Waals surface area contributed by atoms with Gasteiger partial charge in [-0.1, -0.05) is 23.2 Å². The van der Waals surface area contributed by atoms with Gasteiger partial charge in [0.2, 0.25) is 0 Å². The molecule has 1 aliphatic heterocycles. The van der Waals surface area contributed by atoms with Gasteiger partial charge in [0, 0.05) is 13.0 Å². The summed E-state index contributed by atoms with van der Waals surface area (Å²) in [5, 5.41) is 0.468. The summed E-state index contributed by atoms with van der Waals surface area (Å²) in [6, 6.07) is 3.00. The number of benzene rings is 1. The molecule has 0 bridgehead atoms. The number of halogens is 2. The van der Waals surface area contributed by atoms with E-state index in [9.17, 15) is 14.4 Å². The molecule has 0 unspecified atom stereocenters. The molecule has 0 aliphatic carbocycles. The number of Topliss-reactive ketones (excluding diaryl/α,β-unsaturated/α-hetero) is 2. The molecule has 4 nitrogen and oxygen atoms in total. The van der Waals surface area contributed by atoms with E-state index in [4.69, 9.17) is 23.2 Å². The van der Waals surface area contributed by atoms with Crippen LogP contribution in [0, 0.1) is 0 Å². The Balaban J connectivity index is 2.48. The fraction of sp³-hybridized carbons (Fsp3) is 0.250. The maximum atomic E-state index is 11.8. The normalized spacial score (nSPS) is 14.1. The van der Waals surface area contributed by atoms with Gasteiger partial charge < -0.3 is 4.90 Å². The Morgan fingerprint density at radius 1 is 1.22 bits per heavy atom. The van der Waals surface area contributed by atoms with Crippen LogP contribution in [0.1, 0.15) is 23.7 Å². The molecule has 0 aromatic heterocycles. The Morgan fingerprint density at radius 3 is 2.44 bits per heavy atom. The third-order valence-electron chi connectivity index (χ3n) is 2.70. The zero-order chi connectivity index (χ0) is 13.4. The minimum absolute atomic E-state index is 0.0677. The largest absolute Gasteiger partial charge is 0.303 e. The fourth-order valence-electron chi connectivity index (χ4n) is 1.83. The Hall–Kier alpha value is -1.39. The van der Waals surface area contributed by atoms with E-state index in [0.717, 1.165) is 0 Å². The van der Waals surface area contributed by atoms with Crippen LogP contribution in [0.5, 0.6) is 0 Å². The van der Waals surface area contributed by atoms with E-state index in [1.165, 1.54) is 24.0 Å². The smallest absolute Gasteiger partial charge is 0.299 e. The summed E-state index contributed by atoms with van der Waals surface area (Å²) in [7, 11) is 0. The van der Waals surface area contributed by atoms with Crippen molar-refractivity contribution in [1.29, 1.82) is 0 Å². The van der Waals surface area contributed by atoms with Crippen LogP contribution in [0.2, 0.25) is 10.0 Å². The third-order valence-corrected chi connectivity index (χ3v) is 3.32. The number of hydrogen-bond acceptors (Lipinski definition) is 3. The molecule has 0 saturated carbocycles. The first kappa shape index (κ1) is 13.1. The molecule has 18 heavy (non-hydrogen) atoms. The zero-order valence-corrected chi connectivity index (χ0v) is 11.0. The highest BCUT2D eigenvalue weighted by molar-refractivity contribution is 6.57. The van der Waals surface area contributed by atoms with Crippen LogP contribution >= 0.6 is 23.2 Å². The number of carbonyl (C=O) groups is 3. The van der Waals surface area contributed by atoms with Crippen molar-refractivity contribution in [3.05, 3.63) is 27.7 Å². The van der Waals surface area contributed by atoms with E-state index in [0.29, 0.717) is 5.69 Å². The molecule has 1 aromatic rings. The topological polar surface area (TPSA) is 54.5 Å². The maximum absolute atomic E-state index is 11.8. The van der Waals surface area contributed by atoms with Gasteiger partial charge in [-0.05, 0) is 19.1 Å². The van der Waals surface area contributed by atoms with Gasteiger partial charge >= 0.3 is 0 Å². The van der Waals surface area contributed by atoms with Crippen LogP contribution in [0.4, 0.5) is 5.69 Å². The Morgan fingerprint density at radius 2 is 1.83 bits per heavy atom. The van der Waals surface area contributed by atoms with Gasteiger partial charge in [0.25, 0.3) is 11.7 Å². The highest BCUT2D eigenvalue weighted by atomic mass is 35.5. The number of carbonyl (C=O) groups excluding carboxylic acids is 3. The standard InChI is InChI=1S/C12H9Cl2NO3/c1-6(16)4-5-15-10-8(14)3-2-7(13)9(10)11(17)12(15)18/h2-3H,4-5H2,1H3. The zero-order valence-electron chi connectivity index (χ0n) is 9.50. The monoisotopic (exact) mass is 285 g/mol. The molecule has 0 N–H and O–H groups in total. The van der Waals surface area contributed by atoms with Gasteiger partial charge in [-0.3, -0.25) is 14.4 Å². The van der Waals surface area contributed by atoms with E-state index in [2.05, 4.69) is 0 Å². The first-order valence-electron chi connectivity index (χ1n) is 5.27. The first-order valence-corrected chi connectivity index (χ1v) is 6.02. The average molecular weight is 286 g/mol. The molecular formula is C12H9Cl2NO3. The number of nitrogens with zero attached hydrogens (tertiary/aromatic N) is 1. The molecule has 0 spiro atoms. The number of rotatable bonds is 3. The lowest BCUT2D eigenvalue weighted by Crippen LogP contribution is -2.31. The molecule has 2 rings (SSSR count). The van der Waals surface area contributed by atoms with E-state index >= 15 is 0 Å². The van der Waals surface area contributed by atoms with Crippen LogP contribution < -0.4 is 4.90 Å². The number of fused-ring (bicyclic) bond motifs is 1. The second-order valence-corrected chi connectivity index (χ2v) is 4.81. The molecule has 1 aromatic carbocycles. The summed E-state index contributed by atoms with van der Waals surface area (Å²) >= 11 is 11.9. The van der Waals surface area contributed by atoms with Crippen LogP contribution in [0.15, 0.2) is 12.1 Å². The molecule has 0 atom stereocenters. The minimum Gasteiger partial charge on any atom is -0.303 e. The second kappa shape index (κ2) is 4.71. The Kier molecular flexibility index (Phi) is 3.41. The molecule has 0 saturated heterocycles. The first-order chi connectivity index (χ1) is 8.43. The van der Waals surface area contributed by atoms with Gasteiger partial charge in [0.1, 0.15) is 5.78 Å². The van der Waals surface area contributed by atoms with Crippen molar-refractivity contribution in [2.75, 3.05) is 11.4 Å². The predicted molar refractivity (Wildman–Crippen MR) is 68.4 cm³/mol. The molecule has 0 radical (unpaired) electrons. The molecule has 1 heterocycles. The van der Waals surface area contributed by atoms with Crippen LogP contribution in [-0.2, 0) is 9.59 Å². The van der Waals surface area contributed by atoms with Crippen molar-refractivity contribution in [2.45, 2.75) is 13.3 Å². The van der Waals surface area contributed by atoms with E-state index < -0.39 is 11.7 Å². The SMILES string of the molecule is CC(=O)CCN1C(=O)C(=O)c2c(Cl)ccc(Cl)c21. The summed E-state index contributed by atoms with van der Waals surface area (Å²) in [5.74, 6) is -1.44. The average Bonchev–Trinajstić information content (AvgIpc) is 2.56. The van der Waals surface area contributed by atoms with Gasteiger partial charge in [0.05, 0.1) is 21.3 Å². The molecule has 6 heteroatoms. The number of ketones is 2. The summed E-state index contributed by atoms with van der Waals surface area (Å²) in [4.78, 5) is 35.8. The highest BCUT2D eigenvalue weighted by Crippen LogP contribution is 2.39.